The van der Waals surface area contributed by atoms with Gasteiger partial charge in [-0.15, -0.1) is 0 Å². The lowest BCUT2D eigenvalue weighted by molar-refractivity contribution is -0.125. The van der Waals surface area contributed by atoms with Crippen LogP contribution in [-0.2, 0) is 11.3 Å². The van der Waals surface area contributed by atoms with Crippen LogP contribution in [-0.4, -0.2) is 29.1 Å². The van der Waals surface area contributed by atoms with Crippen LogP contribution in [0.2, 0.25) is 0 Å². The highest BCUT2D eigenvalue weighted by atomic mass is 16.2. The van der Waals surface area contributed by atoms with E-state index in [1.54, 1.807) is 0 Å². The zero-order valence-corrected chi connectivity index (χ0v) is 15.8. The number of carbonyl (C=O) groups excluding carboxylic acids is 1. The second-order valence-electron chi connectivity index (χ2n) is 7.47. The third-order valence-electron chi connectivity index (χ3n) is 5.58. The summed E-state index contributed by atoms with van der Waals surface area (Å²) >= 11 is 0. The Morgan fingerprint density at radius 1 is 0.926 bits per heavy atom. The summed E-state index contributed by atoms with van der Waals surface area (Å²) in [6.45, 7) is 1.47. The van der Waals surface area contributed by atoms with Crippen molar-refractivity contribution < 1.29 is 4.79 Å². The lowest BCUT2D eigenvalue weighted by atomic mass is 9.94. The molecule has 1 aliphatic heterocycles. The molecule has 0 atom stereocenters. The zero-order valence-electron chi connectivity index (χ0n) is 15.8. The minimum Gasteiger partial charge on any atom is -0.334 e. The van der Waals surface area contributed by atoms with E-state index in [1.165, 1.54) is 24.8 Å². The molecule has 27 heavy (non-hydrogen) atoms. The Kier molecular flexibility index (Phi) is 5.52. The average molecular weight is 361 g/mol. The fraction of sp³-hybridized carbons (Fsp3) is 0.391. The van der Waals surface area contributed by atoms with Crippen LogP contribution in [0.25, 0.3) is 0 Å². The van der Waals surface area contributed by atoms with Crippen molar-refractivity contribution in [3.8, 4) is 0 Å². The van der Waals surface area contributed by atoms with E-state index < -0.39 is 0 Å². The predicted molar refractivity (Wildman–Crippen MR) is 110 cm³/mol. The maximum Gasteiger partial charge on any atom is 0.270 e. The quantitative estimate of drug-likeness (QED) is 0.729. The highest BCUT2D eigenvalue weighted by Crippen LogP contribution is 2.26. The molecule has 0 radical (unpaired) electrons. The highest BCUT2D eigenvalue weighted by Gasteiger charge is 2.34. The van der Waals surface area contributed by atoms with E-state index in [4.69, 9.17) is 5.10 Å². The Morgan fingerprint density at radius 2 is 1.59 bits per heavy atom. The molecule has 1 amide bonds. The molecule has 2 aromatic carbocycles. The molecule has 0 unspecified atom stereocenters. The summed E-state index contributed by atoms with van der Waals surface area (Å²) < 4.78 is 0. The van der Waals surface area contributed by atoms with Crippen LogP contribution in [0.4, 0.5) is 5.69 Å². The fourth-order valence-electron chi connectivity index (χ4n) is 4.12. The smallest absolute Gasteiger partial charge is 0.270 e. The molecule has 2 aliphatic rings. The number of nitrogens with zero attached hydrogens (tertiary/aromatic N) is 3. The molecular formula is C23H27N3O. The molecule has 0 N–H and O–H groups in total. The Balaban J connectivity index is 1.56. The van der Waals surface area contributed by atoms with E-state index in [9.17, 15) is 4.79 Å². The van der Waals surface area contributed by atoms with E-state index in [2.05, 4.69) is 17.0 Å². The summed E-state index contributed by atoms with van der Waals surface area (Å²) in [5.41, 5.74) is 2.89. The van der Waals surface area contributed by atoms with Gasteiger partial charge in [-0.05, 0) is 30.5 Å². The van der Waals surface area contributed by atoms with Crippen molar-refractivity contribution in [2.75, 3.05) is 11.6 Å². The van der Waals surface area contributed by atoms with E-state index >= 15 is 0 Å². The molecule has 140 valence electrons. The van der Waals surface area contributed by atoms with Crippen molar-refractivity contribution in [1.29, 1.82) is 0 Å². The minimum atomic E-state index is 0.135. The van der Waals surface area contributed by atoms with Crippen molar-refractivity contribution in [2.24, 2.45) is 5.10 Å². The summed E-state index contributed by atoms with van der Waals surface area (Å²) in [5, 5.41) is 6.79. The van der Waals surface area contributed by atoms with Crippen molar-refractivity contribution in [3.63, 3.8) is 0 Å². The number of para-hydroxylation sites is 1. The lowest BCUT2D eigenvalue weighted by Crippen LogP contribution is -2.39. The zero-order chi connectivity index (χ0) is 18.5. The Hall–Kier alpha value is -2.62. The first-order valence-corrected chi connectivity index (χ1v) is 10.1. The molecule has 0 spiro atoms. The van der Waals surface area contributed by atoms with Crippen LogP contribution in [0.15, 0.2) is 65.8 Å². The standard InChI is InChI=1S/C23H27N3O/c27-23-22(16-17-25(23)20-12-6-2-7-13-20)24-26(21-14-8-3-9-15-21)18-19-10-4-1-5-11-19/h1,3-5,8-11,14-15,20H,2,6-7,12-13,16-18H2. The van der Waals surface area contributed by atoms with Gasteiger partial charge in [-0.25, -0.2) is 0 Å². The monoisotopic (exact) mass is 361 g/mol. The maximum absolute atomic E-state index is 13.0. The second kappa shape index (κ2) is 8.38. The van der Waals surface area contributed by atoms with Crippen molar-refractivity contribution >= 4 is 17.3 Å². The Labute approximate surface area is 161 Å². The summed E-state index contributed by atoms with van der Waals surface area (Å²) in [5.74, 6) is 0.135. The molecule has 0 bridgehead atoms. The van der Waals surface area contributed by atoms with Gasteiger partial charge < -0.3 is 4.90 Å². The summed E-state index contributed by atoms with van der Waals surface area (Å²) in [7, 11) is 0. The third-order valence-corrected chi connectivity index (χ3v) is 5.58. The van der Waals surface area contributed by atoms with Gasteiger partial charge in [-0.1, -0.05) is 67.8 Å². The van der Waals surface area contributed by atoms with Crippen LogP contribution in [0, 0.1) is 0 Å². The van der Waals surface area contributed by atoms with Gasteiger partial charge in [0.1, 0.15) is 5.71 Å². The Bertz CT molecular complexity index is 782. The van der Waals surface area contributed by atoms with Crippen molar-refractivity contribution in [3.05, 3.63) is 66.2 Å². The molecule has 2 fully saturated rings. The van der Waals surface area contributed by atoms with E-state index in [-0.39, 0.29) is 5.91 Å². The summed E-state index contributed by atoms with van der Waals surface area (Å²) in [4.78, 5) is 15.1. The van der Waals surface area contributed by atoms with Gasteiger partial charge >= 0.3 is 0 Å². The summed E-state index contributed by atoms with van der Waals surface area (Å²) in [6.07, 6.45) is 6.82. The SMILES string of the molecule is O=C1C(=NN(Cc2ccccc2)c2ccccc2)CCN1C1CCCCC1. The molecule has 4 nitrogen and oxygen atoms in total. The van der Waals surface area contributed by atoms with Crippen LogP contribution in [0.1, 0.15) is 44.1 Å². The third kappa shape index (κ3) is 4.21. The van der Waals surface area contributed by atoms with E-state index in [1.807, 2.05) is 53.5 Å². The number of rotatable bonds is 5. The molecule has 4 heteroatoms. The molecule has 2 aromatic rings. The number of hydrazone groups is 1. The van der Waals surface area contributed by atoms with Gasteiger partial charge in [-0.2, -0.15) is 5.10 Å². The van der Waals surface area contributed by atoms with Gasteiger partial charge in [0.2, 0.25) is 0 Å². The summed E-state index contributed by atoms with van der Waals surface area (Å²) in [6, 6.07) is 20.8. The molecule has 1 saturated carbocycles. The molecule has 1 aliphatic carbocycles. The normalized spacial score (nSPS) is 19.6. The molecule has 1 saturated heterocycles. The number of likely N-dealkylation sites (tertiary alicyclic amines) is 1. The van der Waals surface area contributed by atoms with Crippen molar-refractivity contribution in [1.82, 2.24) is 4.90 Å². The maximum atomic E-state index is 13.0. The van der Waals surface area contributed by atoms with Crippen LogP contribution in [0.3, 0.4) is 0 Å². The predicted octanol–water partition coefficient (Wildman–Crippen LogP) is 4.61. The molecular weight excluding hydrogens is 334 g/mol. The highest BCUT2D eigenvalue weighted by molar-refractivity contribution is 6.40. The molecule has 4 rings (SSSR count). The van der Waals surface area contributed by atoms with Gasteiger partial charge in [-0.3, -0.25) is 9.80 Å². The number of benzene rings is 2. The fourth-order valence-corrected chi connectivity index (χ4v) is 4.12. The molecule has 0 aromatic heterocycles. The number of carbonyl (C=O) groups is 1. The second-order valence-corrected chi connectivity index (χ2v) is 7.47. The number of amides is 1. The van der Waals surface area contributed by atoms with E-state index in [0.717, 1.165) is 31.5 Å². The number of hydrogen-bond acceptors (Lipinski definition) is 3. The van der Waals surface area contributed by atoms with Crippen LogP contribution < -0.4 is 5.01 Å². The van der Waals surface area contributed by atoms with Crippen LogP contribution in [0.5, 0.6) is 0 Å². The average Bonchev–Trinajstić information content (AvgIpc) is 3.10. The number of hydrogen-bond donors (Lipinski definition) is 0. The van der Waals surface area contributed by atoms with E-state index in [0.29, 0.717) is 18.3 Å². The van der Waals surface area contributed by atoms with Gasteiger partial charge in [0, 0.05) is 19.0 Å². The minimum absolute atomic E-state index is 0.135. The van der Waals surface area contributed by atoms with Gasteiger partial charge in [0.15, 0.2) is 0 Å². The largest absolute Gasteiger partial charge is 0.334 e. The van der Waals surface area contributed by atoms with Crippen LogP contribution >= 0.6 is 0 Å². The first-order chi connectivity index (χ1) is 13.3. The van der Waals surface area contributed by atoms with Gasteiger partial charge in [0.25, 0.3) is 5.91 Å². The number of anilines is 1. The Morgan fingerprint density at radius 3 is 2.30 bits per heavy atom. The lowest BCUT2D eigenvalue weighted by Gasteiger charge is -2.30. The first kappa shape index (κ1) is 17.8. The van der Waals surface area contributed by atoms with Crippen molar-refractivity contribution in [2.45, 2.75) is 51.1 Å². The first-order valence-electron chi connectivity index (χ1n) is 10.1. The topological polar surface area (TPSA) is 35.9 Å². The molecule has 1 heterocycles. The van der Waals surface area contributed by atoms with Gasteiger partial charge in [0.05, 0.1) is 12.2 Å².